The second kappa shape index (κ2) is 8.22. The van der Waals surface area contributed by atoms with Gasteiger partial charge in [0.15, 0.2) is 5.16 Å². The maximum absolute atomic E-state index is 13.5. The van der Waals surface area contributed by atoms with Crippen molar-refractivity contribution < 1.29 is 8.42 Å². The molecule has 0 saturated heterocycles. The van der Waals surface area contributed by atoms with Crippen LogP contribution in [0.4, 0.5) is 0 Å². The number of hydrogen-bond donors (Lipinski definition) is 1. The minimum absolute atomic E-state index is 0.00462. The van der Waals surface area contributed by atoms with Crippen molar-refractivity contribution in [3.8, 4) is 5.69 Å². The van der Waals surface area contributed by atoms with Crippen molar-refractivity contribution in [2.45, 2.75) is 37.8 Å². The normalized spacial score (nSPS) is 13.9. The summed E-state index contributed by atoms with van der Waals surface area (Å²) in [5.74, 6) is 0.664. The molecule has 0 spiro atoms. The van der Waals surface area contributed by atoms with Gasteiger partial charge in [0.2, 0.25) is 10.0 Å². The molecule has 0 unspecified atom stereocenters. The molecule has 6 nitrogen and oxygen atoms in total. The lowest BCUT2D eigenvalue weighted by atomic mass is 10.2. The van der Waals surface area contributed by atoms with Crippen LogP contribution < -0.4 is 10.3 Å². The molecule has 0 amide bonds. The van der Waals surface area contributed by atoms with Crippen LogP contribution in [0.15, 0.2) is 34.2 Å². The van der Waals surface area contributed by atoms with Crippen molar-refractivity contribution in [1.29, 1.82) is 0 Å². The van der Waals surface area contributed by atoms with E-state index in [1.807, 2.05) is 31.2 Å². The van der Waals surface area contributed by atoms with Crippen LogP contribution in [0.1, 0.15) is 28.8 Å². The number of nitrogens with zero attached hydrogens (tertiary/aromatic N) is 2. The smallest absolute Gasteiger partial charge is 0.267 e. The quantitative estimate of drug-likeness (QED) is 0.340. The number of aromatic nitrogens is 2. The summed E-state index contributed by atoms with van der Waals surface area (Å²) in [7, 11) is -3.19. The van der Waals surface area contributed by atoms with Gasteiger partial charge in [-0.1, -0.05) is 29.5 Å². The van der Waals surface area contributed by atoms with Crippen LogP contribution in [-0.2, 0) is 22.9 Å². The Balaban J connectivity index is 1.71. The van der Waals surface area contributed by atoms with Crippen LogP contribution in [-0.4, -0.2) is 36.5 Å². The monoisotopic (exact) mass is 449 g/mol. The van der Waals surface area contributed by atoms with E-state index in [9.17, 15) is 13.2 Å². The van der Waals surface area contributed by atoms with Gasteiger partial charge >= 0.3 is 0 Å². The van der Waals surface area contributed by atoms with Gasteiger partial charge in [-0.25, -0.2) is 18.1 Å². The number of nitrogens with one attached hydrogen (secondary N) is 1. The zero-order valence-corrected chi connectivity index (χ0v) is 18.8. The number of thioether (sulfide) groups is 1. The first kappa shape index (κ1) is 20.6. The molecule has 1 aliphatic carbocycles. The predicted molar refractivity (Wildman–Crippen MR) is 120 cm³/mol. The van der Waals surface area contributed by atoms with Crippen molar-refractivity contribution >= 4 is 43.3 Å². The summed E-state index contributed by atoms with van der Waals surface area (Å²) in [6.45, 7) is 2.39. The Morgan fingerprint density at radius 2 is 2.00 bits per heavy atom. The molecule has 4 rings (SSSR count). The third-order valence-electron chi connectivity index (χ3n) is 4.92. The van der Waals surface area contributed by atoms with Gasteiger partial charge in [-0.05, 0) is 50.3 Å². The highest BCUT2D eigenvalue weighted by atomic mass is 32.2. The fraction of sp³-hybridized carbons (Fsp3) is 0.400. The van der Waals surface area contributed by atoms with Crippen molar-refractivity contribution in [2.24, 2.45) is 0 Å². The second-order valence-electron chi connectivity index (χ2n) is 7.28. The number of benzene rings is 1. The number of sulfonamides is 1. The molecule has 9 heteroatoms. The van der Waals surface area contributed by atoms with E-state index < -0.39 is 10.0 Å². The van der Waals surface area contributed by atoms with E-state index in [2.05, 4.69) is 4.72 Å². The average Bonchev–Trinajstić information content (AvgIpc) is 3.22. The van der Waals surface area contributed by atoms with E-state index in [4.69, 9.17) is 4.98 Å². The van der Waals surface area contributed by atoms with E-state index in [-0.39, 0.29) is 5.56 Å². The summed E-state index contributed by atoms with van der Waals surface area (Å²) >= 11 is 3.13. The van der Waals surface area contributed by atoms with Gasteiger partial charge in [0.1, 0.15) is 4.83 Å². The maximum atomic E-state index is 13.5. The molecule has 0 atom stereocenters. The topological polar surface area (TPSA) is 81.1 Å². The van der Waals surface area contributed by atoms with Gasteiger partial charge in [-0.15, -0.1) is 11.3 Å². The van der Waals surface area contributed by atoms with E-state index in [0.29, 0.717) is 23.9 Å². The van der Waals surface area contributed by atoms with Crippen LogP contribution in [0.3, 0.4) is 0 Å². The van der Waals surface area contributed by atoms with E-state index in [0.717, 1.165) is 47.0 Å². The maximum Gasteiger partial charge on any atom is 0.267 e. The molecule has 29 heavy (non-hydrogen) atoms. The Morgan fingerprint density at radius 1 is 1.24 bits per heavy atom. The van der Waals surface area contributed by atoms with Crippen LogP contribution in [0.2, 0.25) is 0 Å². The van der Waals surface area contributed by atoms with Crippen LogP contribution in [0.5, 0.6) is 0 Å². The SMILES string of the molecule is Cc1ccc(-n2c(SCCCNS(C)(=O)=O)nc3sc4c(c3c2=O)CCC4)cc1. The van der Waals surface area contributed by atoms with Crippen LogP contribution in [0, 0.1) is 6.92 Å². The summed E-state index contributed by atoms with van der Waals surface area (Å²) in [5.41, 5.74) is 3.12. The zero-order chi connectivity index (χ0) is 20.6. The third-order valence-corrected chi connectivity index (χ3v) is 7.86. The van der Waals surface area contributed by atoms with Gasteiger partial charge in [-0.2, -0.15) is 0 Å². The molecule has 2 heterocycles. The fourth-order valence-electron chi connectivity index (χ4n) is 3.54. The Kier molecular flexibility index (Phi) is 5.83. The molecule has 1 N–H and O–H groups in total. The highest BCUT2D eigenvalue weighted by Gasteiger charge is 2.23. The second-order valence-corrected chi connectivity index (χ2v) is 11.3. The lowest BCUT2D eigenvalue weighted by Gasteiger charge is -2.13. The Labute approximate surface area is 178 Å². The first-order chi connectivity index (χ1) is 13.8. The fourth-order valence-corrected chi connectivity index (χ4v) is 6.31. The lowest BCUT2D eigenvalue weighted by molar-refractivity contribution is 0.587. The van der Waals surface area contributed by atoms with Gasteiger partial charge in [-0.3, -0.25) is 9.36 Å². The van der Waals surface area contributed by atoms with Crippen LogP contribution in [0.25, 0.3) is 15.9 Å². The standard InChI is InChI=1S/C20H23N3O3S3/c1-13-7-9-14(10-8-13)23-19(24)17-15-5-3-6-16(15)28-18(17)22-20(23)27-12-4-11-21-29(2,25)26/h7-10,21H,3-6,11-12H2,1-2H3. The van der Waals surface area contributed by atoms with Crippen molar-refractivity contribution in [3.05, 3.63) is 50.6 Å². The summed E-state index contributed by atoms with van der Waals surface area (Å²) in [5, 5.41) is 1.43. The molecule has 0 radical (unpaired) electrons. The Hall–Kier alpha value is -1.68. The Bertz CT molecular complexity index is 1210. The molecular weight excluding hydrogens is 426 g/mol. The Morgan fingerprint density at radius 3 is 2.72 bits per heavy atom. The number of rotatable bonds is 7. The summed E-state index contributed by atoms with van der Waals surface area (Å²) < 4.78 is 26.6. The number of fused-ring (bicyclic) bond motifs is 3. The van der Waals surface area contributed by atoms with Gasteiger partial charge in [0.25, 0.3) is 5.56 Å². The first-order valence-electron chi connectivity index (χ1n) is 9.55. The molecule has 1 aliphatic rings. The molecule has 0 fully saturated rings. The van der Waals surface area contributed by atoms with Crippen LogP contribution >= 0.6 is 23.1 Å². The summed E-state index contributed by atoms with van der Waals surface area (Å²) in [6.07, 6.45) is 4.88. The third kappa shape index (κ3) is 4.42. The molecule has 2 aromatic heterocycles. The summed E-state index contributed by atoms with van der Waals surface area (Å²) in [6, 6.07) is 7.89. The molecule has 154 valence electrons. The zero-order valence-electron chi connectivity index (χ0n) is 16.4. The molecule has 3 aromatic rings. The van der Waals surface area contributed by atoms with Gasteiger partial charge in [0.05, 0.1) is 17.3 Å². The van der Waals surface area contributed by atoms with Crippen molar-refractivity contribution in [1.82, 2.24) is 14.3 Å². The highest BCUT2D eigenvalue weighted by Crippen LogP contribution is 2.36. The number of thiophene rings is 1. The molecule has 0 bridgehead atoms. The van der Waals surface area contributed by atoms with Gasteiger partial charge < -0.3 is 0 Å². The minimum atomic E-state index is -3.19. The number of hydrogen-bond acceptors (Lipinski definition) is 6. The van der Waals surface area contributed by atoms with Gasteiger partial charge in [0, 0.05) is 17.2 Å². The lowest BCUT2D eigenvalue weighted by Crippen LogP contribution is -2.24. The molecule has 0 saturated carbocycles. The average molecular weight is 450 g/mol. The summed E-state index contributed by atoms with van der Waals surface area (Å²) in [4.78, 5) is 20.5. The molecule has 1 aromatic carbocycles. The predicted octanol–water partition coefficient (Wildman–Crippen LogP) is 3.28. The number of aryl methyl sites for hydroxylation is 3. The highest BCUT2D eigenvalue weighted by molar-refractivity contribution is 7.99. The molecular formula is C20H23N3O3S3. The van der Waals surface area contributed by atoms with Crippen molar-refractivity contribution in [2.75, 3.05) is 18.6 Å². The molecule has 0 aliphatic heterocycles. The van der Waals surface area contributed by atoms with E-state index in [1.165, 1.54) is 22.2 Å². The van der Waals surface area contributed by atoms with E-state index >= 15 is 0 Å². The minimum Gasteiger partial charge on any atom is -0.268 e. The van der Waals surface area contributed by atoms with E-state index in [1.54, 1.807) is 15.9 Å². The largest absolute Gasteiger partial charge is 0.268 e. The van der Waals surface area contributed by atoms with Crippen molar-refractivity contribution in [3.63, 3.8) is 0 Å². The first-order valence-corrected chi connectivity index (χ1v) is 13.2.